The molecule has 2 aromatic rings. The third-order valence-electron chi connectivity index (χ3n) is 3.02. The van der Waals surface area contributed by atoms with Crippen molar-refractivity contribution in [1.82, 2.24) is 15.1 Å². The van der Waals surface area contributed by atoms with E-state index < -0.39 is 0 Å². The highest BCUT2D eigenvalue weighted by molar-refractivity contribution is 6.04. The quantitative estimate of drug-likeness (QED) is 0.900. The predicted molar refractivity (Wildman–Crippen MR) is 72.6 cm³/mol. The standard InChI is InChI=1S/C14H19N3O/c1-4-9-17(10(2)3)14(18)13-11-7-5-6-8-12(11)15-16-13/h5-8,10H,4,9H2,1-3H3,(H,15,16). The van der Waals surface area contributed by atoms with Crippen molar-refractivity contribution in [3.8, 4) is 0 Å². The summed E-state index contributed by atoms with van der Waals surface area (Å²) in [6.45, 7) is 6.90. The van der Waals surface area contributed by atoms with Crippen molar-refractivity contribution >= 4 is 16.8 Å². The molecule has 4 nitrogen and oxygen atoms in total. The van der Waals surface area contributed by atoms with Crippen molar-refractivity contribution in [1.29, 1.82) is 0 Å². The topological polar surface area (TPSA) is 49.0 Å². The van der Waals surface area contributed by atoms with Crippen LogP contribution in [0, 0.1) is 0 Å². The Kier molecular flexibility index (Phi) is 3.65. The molecule has 0 saturated heterocycles. The lowest BCUT2D eigenvalue weighted by molar-refractivity contribution is 0.0702. The van der Waals surface area contributed by atoms with Crippen LogP contribution in [0.2, 0.25) is 0 Å². The smallest absolute Gasteiger partial charge is 0.275 e. The summed E-state index contributed by atoms with van der Waals surface area (Å²) in [6.07, 6.45) is 0.951. The molecule has 0 aliphatic rings. The van der Waals surface area contributed by atoms with E-state index in [2.05, 4.69) is 17.1 Å². The number of fused-ring (bicyclic) bond motifs is 1. The number of nitrogens with one attached hydrogen (secondary N) is 1. The summed E-state index contributed by atoms with van der Waals surface area (Å²) in [5.74, 6) is 0.00398. The number of amides is 1. The maximum Gasteiger partial charge on any atom is 0.275 e. The van der Waals surface area contributed by atoms with Crippen LogP contribution in [0.15, 0.2) is 24.3 Å². The van der Waals surface area contributed by atoms with Crippen molar-refractivity contribution in [3.63, 3.8) is 0 Å². The van der Waals surface area contributed by atoms with E-state index in [-0.39, 0.29) is 11.9 Å². The molecule has 0 spiro atoms. The highest BCUT2D eigenvalue weighted by Gasteiger charge is 2.22. The summed E-state index contributed by atoms with van der Waals surface area (Å²) in [7, 11) is 0. The third kappa shape index (κ3) is 2.23. The van der Waals surface area contributed by atoms with Gasteiger partial charge in [-0.2, -0.15) is 5.10 Å². The van der Waals surface area contributed by atoms with Crippen LogP contribution in [-0.2, 0) is 0 Å². The molecular weight excluding hydrogens is 226 g/mol. The van der Waals surface area contributed by atoms with Crippen LogP contribution in [-0.4, -0.2) is 33.6 Å². The molecule has 1 aromatic carbocycles. The molecule has 96 valence electrons. The molecule has 0 fully saturated rings. The molecule has 4 heteroatoms. The summed E-state index contributed by atoms with van der Waals surface area (Å²) in [5.41, 5.74) is 1.42. The fourth-order valence-electron chi connectivity index (χ4n) is 2.10. The van der Waals surface area contributed by atoms with Gasteiger partial charge in [0.05, 0.1) is 5.52 Å². The Hall–Kier alpha value is -1.84. The van der Waals surface area contributed by atoms with Gasteiger partial charge in [0.2, 0.25) is 0 Å². The van der Waals surface area contributed by atoms with Gasteiger partial charge in [0.1, 0.15) is 0 Å². The summed E-state index contributed by atoms with van der Waals surface area (Å²) in [4.78, 5) is 14.4. The van der Waals surface area contributed by atoms with Gasteiger partial charge >= 0.3 is 0 Å². The average molecular weight is 245 g/mol. The van der Waals surface area contributed by atoms with Crippen LogP contribution >= 0.6 is 0 Å². The molecule has 1 N–H and O–H groups in total. The third-order valence-corrected chi connectivity index (χ3v) is 3.02. The predicted octanol–water partition coefficient (Wildman–Crippen LogP) is 2.82. The highest BCUT2D eigenvalue weighted by atomic mass is 16.2. The molecule has 1 heterocycles. The van der Waals surface area contributed by atoms with Crippen LogP contribution in [0.1, 0.15) is 37.7 Å². The first-order valence-electron chi connectivity index (χ1n) is 6.39. The number of aromatic nitrogens is 2. The Morgan fingerprint density at radius 1 is 1.39 bits per heavy atom. The van der Waals surface area contributed by atoms with Crippen molar-refractivity contribution in [2.75, 3.05) is 6.54 Å². The van der Waals surface area contributed by atoms with Crippen molar-refractivity contribution < 1.29 is 4.79 Å². The van der Waals surface area contributed by atoms with E-state index in [9.17, 15) is 4.79 Å². The Bertz CT molecular complexity index is 545. The largest absolute Gasteiger partial charge is 0.335 e. The molecule has 0 unspecified atom stereocenters. The second-order valence-corrected chi connectivity index (χ2v) is 4.71. The molecule has 1 amide bonds. The Morgan fingerprint density at radius 3 is 2.78 bits per heavy atom. The molecule has 0 radical (unpaired) electrons. The Balaban J connectivity index is 2.38. The van der Waals surface area contributed by atoms with Crippen molar-refractivity contribution in [2.45, 2.75) is 33.2 Å². The van der Waals surface area contributed by atoms with Crippen LogP contribution in [0.5, 0.6) is 0 Å². The first kappa shape index (κ1) is 12.6. The number of para-hydroxylation sites is 1. The summed E-state index contributed by atoms with van der Waals surface area (Å²) < 4.78 is 0. The maximum atomic E-state index is 12.5. The lowest BCUT2D eigenvalue weighted by atomic mass is 10.1. The molecule has 0 aliphatic heterocycles. The zero-order valence-corrected chi connectivity index (χ0v) is 11.1. The number of hydrogen-bond acceptors (Lipinski definition) is 2. The van der Waals surface area contributed by atoms with Gasteiger partial charge in [-0.25, -0.2) is 0 Å². The van der Waals surface area contributed by atoms with E-state index >= 15 is 0 Å². The van der Waals surface area contributed by atoms with Gasteiger partial charge in [0, 0.05) is 18.0 Å². The fraction of sp³-hybridized carbons (Fsp3) is 0.429. The molecule has 1 aromatic heterocycles. The second-order valence-electron chi connectivity index (χ2n) is 4.71. The molecule has 0 saturated carbocycles. The first-order chi connectivity index (χ1) is 8.65. The lowest BCUT2D eigenvalue weighted by Crippen LogP contribution is -2.37. The number of rotatable bonds is 4. The molecule has 0 bridgehead atoms. The molecule has 0 aliphatic carbocycles. The summed E-state index contributed by atoms with van der Waals surface area (Å²) >= 11 is 0. The van der Waals surface area contributed by atoms with Gasteiger partial charge in [-0.05, 0) is 26.3 Å². The van der Waals surface area contributed by atoms with E-state index in [0.717, 1.165) is 23.9 Å². The number of carbonyl (C=O) groups is 1. The maximum absolute atomic E-state index is 12.5. The Morgan fingerprint density at radius 2 is 2.11 bits per heavy atom. The van der Waals surface area contributed by atoms with Gasteiger partial charge in [0.25, 0.3) is 5.91 Å². The minimum Gasteiger partial charge on any atom is -0.335 e. The summed E-state index contributed by atoms with van der Waals surface area (Å²) in [6, 6.07) is 7.90. The number of aromatic amines is 1. The monoisotopic (exact) mass is 245 g/mol. The van der Waals surface area contributed by atoms with E-state index in [4.69, 9.17) is 0 Å². The number of nitrogens with zero attached hydrogens (tertiary/aromatic N) is 2. The van der Waals surface area contributed by atoms with Crippen molar-refractivity contribution in [2.24, 2.45) is 0 Å². The normalized spacial score (nSPS) is 11.1. The highest BCUT2D eigenvalue weighted by Crippen LogP contribution is 2.18. The first-order valence-corrected chi connectivity index (χ1v) is 6.39. The lowest BCUT2D eigenvalue weighted by Gasteiger charge is -2.25. The van der Waals surface area contributed by atoms with Gasteiger partial charge in [-0.3, -0.25) is 9.89 Å². The number of benzene rings is 1. The van der Waals surface area contributed by atoms with Crippen LogP contribution in [0.4, 0.5) is 0 Å². The van der Waals surface area contributed by atoms with E-state index in [1.807, 2.05) is 43.0 Å². The van der Waals surface area contributed by atoms with Crippen LogP contribution in [0.25, 0.3) is 10.9 Å². The fourth-order valence-corrected chi connectivity index (χ4v) is 2.10. The minimum absolute atomic E-state index is 0.00398. The van der Waals surface area contributed by atoms with Gasteiger partial charge < -0.3 is 4.90 Å². The SMILES string of the molecule is CCCN(C(=O)c1n[nH]c2ccccc12)C(C)C. The van der Waals surface area contributed by atoms with E-state index in [1.165, 1.54) is 0 Å². The van der Waals surface area contributed by atoms with Gasteiger partial charge in [-0.1, -0.05) is 25.1 Å². The summed E-state index contributed by atoms with van der Waals surface area (Å²) in [5, 5.41) is 7.96. The van der Waals surface area contributed by atoms with E-state index in [1.54, 1.807) is 0 Å². The van der Waals surface area contributed by atoms with E-state index in [0.29, 0.717) is 5.69 Å². The molecule has 18 heavy (non-hydrogen) atoms. The zero-order valence-electron chi connectivity index (χ0n) is 11.1. The number of hydrogen-bond donors (Lipinski definition) is 1. The van der Waals surface area contributed by atoms with Crippen molar-refractivity contribution in [3.05, 3.63) is 30.0 Å². The second kappa shape index (κ2) is 5.21. The molecule has 0 atom stereocenters. The molecular formula is C14H19N3O. The van der Waals surface area contributed by atoms with Gasteiger partial charge in [0.15, 0.2) is 5.69 Å². The zero-order chi connectivity index (χ0) is 13.1. The number of H-pyrrole nitrogens is 1. The Labute approximate surface area is 107 Å². The average Bonchev–Trinajstić information content (AvgIpc) is 2.78. The molecule has 2 rings (SSSR count). The van der Waals surface area contributed by atoms with Crippen LogP contribution in [0.3, 0.4) is 0 Å². The van der Waals surface area contributed by atoms with Gasteiger partial charge in [-0.15, -0.1) is 0 Å². The minimum atomic E-state index is 0.00398. The number of carbonyl (C=O) groups excluding carboxylic acids is 1. The van der Waals surface area contributed by atoms with Crippen LogP contribution < -0.4 is 0 Å².